The standard InChI is InChI=1S/C18H27N3O3S/c1-14-13-19-10-11-21(14)18(22)8-9-20-25(23,24)17-7-6-15-4-2-3-5-16(15)12-17/h6-7,12,14,19-20H,2-5,8-11,13H2,1H3/t14-/m1/s1. The lowest BCUT2D eigenvalue weighted by Crippen LogP contribution is -2.52. The van der Waals surface area contributed by atoms with E-state index in [9.17, 15) is 13.2 Å². The van der Waals surface area contributed by atoms with Gasteiger partial charge < -0.3 is 10.2 Å². The van der Waals surface area contributed by atoms with Gasteiger partial charge in [-0.2, -0.15) is 0 Å². The van der Waals surface area contributed by atoms with Gasteiger partial charge in [-0.15, -0.1) is 0 Å². The number of nitrogens with zero attached hydrogens (tertiary/aromatic N) is 1. The second-order valence-electron chi connectivity index (χ2n) is 6.93. The topological polar surface area (TPSA) is 78.5 Å². The number of amides is 1. The van der Waals surface area contributed by atoms with Gasteiger partial charge in [0, 0.05) is 38.6 Å². The van der Waals surface area contributed by atoms with E-state index >= 15 is 0 Å². The molecule has 1 amide bonds. The van der Waals surface area contributed by atoms with E-state index < -0.39 is 10.0 Å². The van der Waals surface area contributed by atoms with E-state index in [0.29, 0.717) is 11.4 Å². The van der Waals surface area contributed by atoms with Crippen molar-refractivity contribution < 1.29 is 13.2 Å². The predicted molar refractivity (Wildman–Crippen MR) is 96.9 cm³/mol. The lowest BCUT2D eigenvalue weighted by Gasteiger charge is -2.34. The Morgan fingerprint density at radius 2 is 2.04 bits per heavy atom. The van der Waals surface area contributed by atoms with E-state index in [2.05, 4.69) is 10.0 Å². The maximum absolute atomic E-state index is 12.5. The number of carbonyl (C=O) groups excluding carboxylic acids is 1. The van der Waals surface area contributed by atoms with Crippen LogP contribution in [0.1, 0.15) is 37.3 Å². The lowest BCUT2D eigenvalue weighted by atomic mass is 9.92. The Morgan fingerprint density at radius 1 is 1.28 bits per heavy atom. The van der Waals surface area contributed by atoms with Crippen molar-refractivity contribution >= 4 is 15.9 Å². The van der Waals surface area contributed by atoms with Gasteiger partial charge in [-0.05, 0) is 55.9 Å². The molecule has 6 nitrogen and oxygen atoms in total. The first-order valence-corrected chi connectivity index (χ1v) is 10.6. The third-order valence-corrected chi connectivity index (χ3v) is 6.54. The second-order valence-corrected chi connectivity index (χ2v) is 8.69. The van der Waals surface area contributed by atoms with Crippen molar-refractivity contribution in [2.45, 2.75) is 50.0 Å². The average molecular weight is 365 g/mol. The Bertz CT molecular complexity index is 733. The Kier molecular flexibility index (Phi) is 5.76. The van der Waals surface area contributed by atoms with Crippen LogP contribution < -0.4 is 10.0 Å². The van der Waals surface area contributed by atoms with Crippen LogP contribution in [0.15, 0.2) is 23.1 Å². The fourth-order valence-electron chi connectivity index (χ4n) is 3.61. The first kappa shape index (κ1) is 18.4. The number of benzene rings is 1. The Morgan fingerprint density at radius 3 is 2.80 bits per heavy atom. The molecule has 1 heterocycles. The number of piperazine rings is 1. The summed E-state index contributed by atoms with van der Waals surface area (Å²) in [5.41, 5.74) is 2.40. The Labute approximate surface area is 150 Å². The van der Waals surface area contributed by atoms with Crippen molar-refractivity contribution in [3.05, 3.63) is 29.3 Å². The van der Waals surface area contributed by atoms with E-state index in [-0.39, 0.29) is 24.9 Å². The van der Waals surface area contributed by atoms with Crippen LogP contribution in [0.2, 0.25) is 0 Å². The van der Waals surface area contributed by atoms with Gasteiger partial charge in [0.05, 0.1) is 4.90 Å². The molecular formula is C18H27N3O3S. The smallest absolute Gasteiger partial charge is 0.240 e. The van der Waals surface area contributed by atoms with Crippen molar-refractivity contribution in [3.8, 4) is 0 Å². The fourth-order valence-corrected chi connectivity index (χ4v) is 4.69. The largest absolute Gasteiger partial charge is 0.337 e. The molecule has 0 bridgehead atoms. The van der Waals surface area contributed by atoms with E-state index in [0.717, 1.165) is 37.9 Å². The van der Waals surface area contributed by atoms with Crippen molar-refractivity contribution in [2.75, 3.05) is 26.2 Å². The van der Waals surface area contributed by atoms with Gasteiger partial charge >= 0.3 is 0 Å². The average Bonchev–Trinajstić information content (AvgIpc) is 2.61. The first-order chi connectivity index (χ1) is 12.0. The van der Waals surface area contributed by atoms with Gasteiger partial charge in [0.25, 0.3) is 0 Å². The van der Waals surface area contributed by atoms with Gasteiger partial charge in [-0.1, -0.05) is 6.07 Å². The highest BCUT2D eigenvalue weighted by Crippen LogP contribution is 2.24. The molecule has 0 saturated carbocycles. The zero-order valence-corrected chi connectivity index (χ0v) is 15.6. The molecule has 138 valence electrons. The second kappa shape index (κ2) is 7.85. The highest BCUT2D eigenvalue weighted by Gasteiger charge is 2.23. The molecule has 7 heteroatoms. The number of carbonyl (C=O) groups is 1. The van der Waals surface area contributed by atoms with Crippen molar-refractivity contribution in [1.29, 1.82) is 0 Å². The first-order valence-electron chi connectivity index (χ1n) is 9.09. The molecule has 0 spiro atoms. The van der Waals surface area contributed by atoms with Crippen LogP contribution >= 0.6 is 0 Å². The summed E-state index contributed by atoms with van der Waals surface area (Å²) in [7, 11) is -3.57. The molecule has 2 aliphatic rings. The van der Waals surface area contributed by atoms with Crippen LogP contribution in [0.25, 0.3) is 0 Å². The molecule has 0 aromatic heterocycles. The van der Waals surface area contributed by atoms with Crippen LogP contribution in [0.5, 0.6) is 0 Å². The summed E-state index contributed by atoms with van der Waals surface area (Å²) in [6, 6.07) is 5.54. The van der Waals surface area contributed by atoms with E-state index in [1.54, 1.807) is 12.1 Å². The number of sulfonamides is 1. The maximum Gasteiger partial charge on any atom is 0.240 e. The summed E-state index contributed by atoms with van der Waals surface area (Å²) < 4.78 is 27.6. The van der Waals surface area contributed by atoms with Gasteiger partial charge in [-0.3, -0.25) is 4.79 Å². The zero-order chi connectivity index (χ0) is 17.9. The normalized spacial score (nSPS) is 21.0. The molecule has 1 aliphatic carbocycles. The molecule has 1 aliphatic heterocycles. The quantitative estimate of drug-likeness (QED) is 0.818. The van der Waals surface area contributed by atoms with Crippen LogP contribution in [0, 0.1) is 0 Å². The SMILES string of the molecule is C[C@@H]1CNCCN1C(=O)CCNS(=O)(=O)c1ccc2c(c1)CCCC2. The van der Waals surface area contributed by atoms with Gasteiger partial charge in [-0.25, -0.2) is 13.1 Å². The molecular weight excluding hydrogens is 338 g/mol. The molecule has 1 fully saturated rings. The van der Waals surface area contributed by atoms with E-state index in [1.165, 1.54) is 12.0 Å². The molecule has 1 saturated heterocycles. The molecule has 3 rings (SSSR count). The van der Waals surface area contributed by atoms with Crippen LogP contribution in [-0.2, 0) is 27.7 Å². The molecule has 25 heavy (non-hydrogen) atoms. The number of hydrogen-bond donors (Lipinski definition) is 2. The van der Waals surface area contributed by atoms with Crippen LogP contribution in [0.4, 0.5) is 0 Å². The number of nitrogens with one attached hydrogen (secondary N) is 2. The summed E-state index contributed by atoms with van der Waals surface area (Å²) in [6.07, 6.45) is 4.44. The lowest BCUT2D eigenvalue weighted by molar-refractivity contribution is -0.133. The highest BCUT2D eigenvalue weighted by molar-refractivity contribution is 7.89. The van der Waals surface area contributed by atoms with Crippen LogP contribution in [0.3, 0.4) is 0 Å². The molecule has 0 radical (unpaired) electrons. The summed E-state index contributed by atoms with van der Waals surface area (Å²) >= 11 is 0. The van der Waals surface area contributed by atoms with Gasteiger partial charge in [0.1, 0.15) is 0 Å². The summed E-state index contributed by atoms with van der Waals surface area (Å²) in [4.78, 5) is 14.4. The highest BCUT2D eigenvalue weighted by atomic mass is 32.2. The van der Waals surface area contributed by atoms with Crippen LogP contribution in [-0.4, -0.2) is 51.4 Å². The van der Waals surface area contributed by atoms with Crippen molar-refractivity contribution in [3.63, 3.8) is 0 Å². The molecule has 1 aromatic rings. The molecule has 0 unspecified atom stereocenters. The zero-order valence-electron chi connectivity index (χ0n) is 14.8. The van der Waals surface area contributed by atoms with Crippen molar-refractivity contribution in [2.24, 2.45) is 0 Å². The third-order valence-electron chi connectivity index (χ3n) is 5.08. The minimum Gasteiger partial charge on any atom is -0.337 e. The number of hydrogen-bond acceptors (Lipinski definition) is 4. The molecule has 1 atom stereocenters. The summed E-state index contributed by atoms with van der Waals surface area (Å²) in [5, 5.41) is 3.24. The third kappa shape index (κ3) is 4.40. The Hall–Kier alpha value is -1.44. The monoisotopic (exact) mass is 365 g/mol. The van der Waals surface area contributed by atoms with Gasteiger partial charge in [0.2, 0.25) is 15.9 Å². The maximum atomic E-state index is 12.5. The summed E-state index contributed by atoms with van der Waals surface area (Å²) in [5.74, 6) is 0.00198. The van der Waals surface area contributed by atoms with E-state index in [4.69, 9.17) is 0 Å². The molecule has 1 aromatic carbocycles. The minimum atomic E-state index is -3.57. The Balaban J connectivity index is 1.57. The van der Waals surface area contributed by atoms with Gasteiger partial charge in [0.15, 0.2) is 0 Å². The summed E-state index contributed by atoms with van der Waals surface area (Å²) in [6.45, 7) is 4.39. The minimum absolute atomic E-state index is 0.00198. The predicted octanol–water partition coefficient (Wildman–Crippen LogP) is 1.05. The number of aryl methyl sites for hydroxylation is 2. The fraction of sp³-hybridized carbons (Fsp3) is 0.611. The van der Waals surface area contributed by atoms with Crippen molar-refractivity contribution in [1.82, 2.24) is 14.9 Å². The number of fused-ring (bicyclic) bond motifs is 1. The molecule has 2 N–H and O–H groups in total. The number of rotatable bonds is 5. The van der Waals surface area contributed by atoms with E-state index in [1.807, 2.05) is 17.9 Å².